The van der Waals surface area contributed by atoms with Crippen molar-refractivity contribution in [3.05, 3.63) is 28.4 Å². The topological polar surface area (TPSA) is 105 Å². The zero-order valence-electron chi connectivity index (χ0n) is 15.0. The lowest BCUT2D eigenvalue weighted by atomic mass is 9.75. The molecule has 4 rings (SSSR count). The Morgan fingerprint density at radius 2 is 2.08 bits per heavy atom. The first kappa shape index (κ1) is 17.0. The van der Waals surface area contributed by atoms with Gasteiger partial charge in [0.2, 0.25) is 5.95 Å². The van der Waals surface area contributed by atoms with Gasteiger partial charge in [-0.15, -0.1) is 0 Å². The smallest absolute Gasteiger partial charge is 0.223 e. The fourth-order valence-electron chi connectivity index (χ4n) is 3.66. The van der Waals surface area contributed by atoms with Crippen LogP contribution in [0.1, 0.15) is 48.9 Å². The van der Waals surface area contributed by atoms with Crippen molar-refractivity contribution in [1.29, 1.82) is 0 Å². The van der Waals surface area contributed by atoms with E-state index in [1.165, 1.54) is 0 Å². The van der Waals surface area contributed by atoms with Gasteiger partial charge in [0.25, 0.3) is 0 Å². The van der Waals surface area contributed by atoms with Gasteiger partial charge >= 0.3 is 0 Å². The van der Waals surface area contributed by atoms with E-state index in [-0.39, 0.29) is 22.3 Å². The van der Waals surface area contributed by atoms with Gasteiger partial charge in [-0.1, -0.05) is 25.4 Å². The molecule has 0 fully saturated rings. The first-order valence-corrected chi connectivity index (χ1v) is 8.92. The average molecular weight is 374 g/mol. The molecule has 136 valence electrons. The molecule has 0 atom stereocenters. The van der Waals surface area contributed by atoms with Crippen molar-refractivity contribution < 1.29 is 4.79 Å². The molecule has 0 aliphatic heterocycles. The third kappa shape index (κ3) is 2.65. The molecule has 0 spiro atoms. The highest BCUT2D eigenvalue weighted by Crippen LogP contribution is 2.36. The highest BCUT2D eigenvalue weighted by molar-refractivity contribution is 6.33. The molecule has 2 N–H and O–H groups in total. The van der Waals surface area contributed by atoms with Crippen molar-refractivity contribution >= 4 is 34.5 Å². The van der Waals surface area contributed by atoms with Crippen LogP contribution in [-0.2, 0) is 19.5 Å². The Bertz CT molecular complexity index is 1030. The number of nitrogens with two attached hydrogens (primary N) is 1. The molecule has 3 aromatic rings. The minimum Gasteiger partial charge on any atom is -0.368 e. The molecule has 1 aliphatic carbocycles. The van der Waals surface area contributed by atoms with Crippen LogP contribution in [0.2, 0.25) is 5.15 Å². The number of rotatable bonds is 3. The monoisotopic (exact) mass is 373 g/mol. The summed E-state index contributed by atoms with van der Waals surface area (Å²) in [5, 5.41) is 4.92. The highest BCUT2D eigenvalue weighted by atomic mass is 35.5. The number of hydrogen-bond donors (Lipinski definition) is 1. The number of halogens is 1. The fourth-order valence-corrected chi connectivity index (χ4v) is 3.88. The lowest BCUT2D eigenvalue weighted by Gasteiger charge is -2.29. The van der Waals surface area contributed by atoms with Crippen LogP contribution in [0.15, 0.2) is 6.33 Å². The second kappa shape index (κ2) is 5.77. The first-order chi connectivity index (χ1) is 12.3. The molecule has 26 heavy (non-hydrogen) atoms. The van der Waals surface area contributed by atoms with Crippen LogP contribution >= 0.6 is 11.6 Å². The number of imidazole rings is 1. The standard InChI is InChI=1S/C17H20ClN7O/c1-4-25-13-9(5-17(2,3)6-11(13)26)10(23-25)7-24-8-20-12-14(18)21-16(19)22-15(12)24/h8H,4-7H2,1-3H3,(H2,19,21,22). The first-order valence-electron chi connectivity index (χ1n) is 8.54. The summed E-state index contributed by atoms with van der Waals surface area (Å²) in [6.45, 7) is 7.31. The normalized spacial score (nSPS) is 16.2. The summed E-state index contributed by atoms with van der Waals surface area (Å²) in [4.78, 5) is 25.1. The Labute approximate surface area is 155 Å². The maximum Gasteiger partial charge on any atom is 0.223 e. The lowest BCUT2D eigenvalue weighted by Crippen LogP contribution is -2.28. The van der Waals surface area contributed by atoms with Crippen molar-refractivity contribution in [1.82, 2.24) is 29.3 Å². The number of aryl methyl sites for hydroxylation is 1. The minimum absolute atomic E-state index is 0.0760. The van der Waals surface area contributed by atoms with E-state index in [0.717, 1.165) is 23.4 Å². The Morgan fingerprint density at radius 3 is 2.81 bits per heavy atom. The zero-order chi connectivity index (χ0) is 18.6. The third-order valence-corrected chi connectivity index (χ3v) is 5.01. The number of fused-ring (bicyclic) bond motifs is 2. The second-order valence-electron chi connectivity index (χ2n) is 7.45. The van der Waals surface area contributed by atoms with E-state index in [9.17, 15) is 4.79 Å². The molecule has 0 amide bonds. The number of carbonyl (C=O) groups is 1. The summed E-state index contributed by atoms with van der Waals surface area (Å²) in [5.74, 6) is 0.253. The summed E-state index contributed by atoms with van der Waals surface area (Å²) >= 11 is 6.11. The van der Waals surface area contributed by atoms with Gasteiger partial charge in [0, 0.05) is 18.5 Å². The fraction of sp³-hybridized carbons (Fsp3) is 0.471. The van der Waals surface area contributed by atoms with Gasteiger partial charge in [-0.05, 0) is 18.8 Å². The molecule has 9 heteroatoms. The van der Waals surface area contributed by atoms with Gasteiger partial charge in [-0.2, -0.15) is 15.1 Å². The molecular formula is C17H20ClN7O. The number of nitrogens with zero attached hydrogens (tertiary/aromatic N) is 6. The van der Waals surface area contributed by atoms with Gasteiger partial charge in [-0.3, -0.25) is 9.48 Å². The number of anilines is 1. The minimum atomic E-state index is -0.0760. The summed E-state index contributed by atoms with van der Waals surface area (Å²) < 4.78 is 3.64. The van der Waals surface area contributed by atoms with Crippen LogP contribution in [0.4, 0.5) is 5.95 Å². The molecule has 0 saturated heterocycles. The van der Waals surface area contributed by atoms with Gasteiger partial charge in [0.1, 0.15) is 11.2 Å². The Kier molecular flexibility index (Phi) is 3.76. The maximum atomic E-state index is 12.7. The number of carbonyl (C=O) groups excluding carboxylic acids is 1. The van der Waals surface area contributed by atoms with E-state index < -0.39 is 0 Å². The van der Waals surface area contributed by atoms with Crippen LogP contribution in [0.3, 0.4) is 0 Å². The van der Waals surface area contributed by atoms with Crippen LogP contribution in [0.25, 0.3) is 11.2 Å². The molecule has 0 bridgehead atoms. The van der Waals surface area contributed by atoms with E-state index in [1.807, 2.05) is 11.5 Å². The van der Waals surface area contributed by atoms with E-state index in [2.05, 4.69) is 28.8 Å². The molecule has 0 unspecified atom stereocenters. The van der Waals surface area contributed by atoms with Gasteiger partial charge in [0.05, 0.1) is 18.6 Å². The summed E-state index contributed by atoms with van der Waals surface area (Å²) in [6.07, 6.45) is 3.00. The van der Waals surface area contributed by atoms with Gasteiger partial charge in [-0.25, -0.2) is 4.98 Å². The maximum absolute atomic E-state index is 12.7. The molecule has 0 saturated carbocycles. The molecule has 3 heterocycles. The summed E-state index contributed by atoms with van der Waals surface area (Å²) in [5.41, 5.74) is 9.32. The zero-order valence-corrected chi connectivity index (χ0v) is 15.7. The van der Waals surface area contributed by atoms with Crippen molar-refractivity contribution in [2.45, 2.75) is 46.7 Å². The molecule has 1 aliphatic rings. The molecular weight excluding hydrogens is 354 g/mol. The predicted molar refractivity (Wildman–Crippen MR) is 98.2 cm³/mol. The van der Waals surface area contributed by atoms with Crippen molar-refractivity contribution in [3.63, 3.8) is 0 Å². The van der Waals surface area contributed by atoms with E-state index in [1.54, 1.807) is 11.0 Å². The van der Waals surface area contributed by atoms with E-state index in [0.29, 0.717) is 30.7 Å². The SMILES string of the molecule is CCn1nc(Cn2cnc3c(Cl)nc(N)nc32)c2c1C(=O)CC(C)(C)C2. The van der Waals surface area contributed by atoms with Crippen LogP contribution in [0, 0.1) is 5.41 Å². The van der Waals surface area contributed by atoms with Gasteiger partial charge < -0.3 is 10.3 Å². The largest absolute Gasteiger partial charge is 0.368 e. The Hall–Kier alpha value is -2.48. The number of aromatic nitrogens is 6. The average Bonchev–Trinajstić information content (AvgIpc) is 3.09. The van der Waals surface area contributed by atoms with Crippen LogP contribution in [-0.4, -0.2) is 35.1 Å². The number of ketones is 1. The third-order valence-electron chi connectivity index (χ3n) is 4.75. The molecule has 0 aromatic carbocycles. The molecule has 8 nitrogen and oxygen atoms in total. The summed E-state index contributed by atoms with van der Waals surface area (Å²) in [6, 6.07) is 0. The van der Waals surface area contributed by atoms with Gasteiger partial charge in [0.15, 0.2) is 16.6 Å². The predicted octanol–water partition coefficient (Wildman–Crippen LogP) is 2.48. The van der Waals surface area contributed by atoms with E-state index in [4.69, 9.17) is 22.4 Å². The van der Waals surface area contributed by atoms with Crippen LogP contribution < -0.4 is 5.73 Å². The van der Waals surface area contributed by atoms with Crippen molar-refractivity contribution in [2.75, 3.05) is 5.73 Å². The quantitative estimate of drug-likeness (QED) is 0.707. The lowest BCUT2D eigenvalue weighted by molar-refractivity contribution is 0.0900. The Morgan fingerprint density at radius 1 is 1.31 bits per heavy atom. The number of Topliss-reactive ketones (excluding diaryl/α,β-unsaturated/α-hetero) is 1. The van der Waals surface area contributed by atoms with Crippen molar-refractivity contribution in [2.24, 2.45) is 5.41 Å². The Balaban J connectivity index is 1.82. The highest BCUT2D eigenvalue weighted by Gasteiger charge is 2.36. The van der Waals surface area contributed by atoms with Crippen LogP contribution in [0.5, 0.6) is 0 Å². The summed E-state index contributed by atoms with van der Waals surface area (Å²) in [7, 11) is 0. The van der Waals surface area contributed by atoms with Crippen molar-refractivity contribution in [3.8, 4) is 0 Å². The molecule has 0 radical (unpaired) electrons. The van der Waals surface area contributed by atoms with E-state index >= 15 is 0 Å². The number of nitrogen functional groups attached to an aromatic ring is 1. The molecule has 3 aromatic heterocycles. The number of hydrogen-bond acceptors (Lipinski definition) is 6. The second-order valence-corrected chi connectivity index (χ2v) is 7.81.